The number of hydrogen-bond donors (Lipinski definition) is 0. The third kappa shape index (κ3) is 4.54. The van der Waals surface area contributed by atoms with E-state index in [0.717, 1.165) is 33.5 Å². The van der Waals surface area contributed by atoms with E-state index in [9.17, 15) is 0 Å². The molecule has 0 bridgehead atoms. The molecule has 184 valence electrons. The van der Waals surface area contributed by atoms with Crippen LogP contribution in [0, 0.1) is 0 Å². The summed E-state index contributed by atoms with van der Waals surface area (Å²) in [5, 5.41) is 3.59. The Labute approximate surface area is 228 Å². The second kappa shape index (κ2) is 9.92. The Balaban J connectivity index is 1.34. The molecule has 0 fully saturated rings. The van der Waals surface area contributed by atoms with Crippen LogP contribution in [0.2, 0.25) is 0 Å². The predicted molar refractivity (Wildman–Crippen MR) is 165 cm³/mol. The fourth-order valence-electron chi connectivity index (χ4n) is 5.26. The van der Waals surface area contributed by atoms with Crippen molar-refractivity contribution in [3.63, 3.8) is 0 Å². The number of para-hydroxylation sites is 1. The predicted octanol–water partition coefficient (Wildman–Crippen LogP) is 10.2. The monoisotopic (exact) mass is 498 g/mol. The summed E-state index contributed by atoms with van der Waals surface area (Å²) in [7, 11) is 0. The van der Waals surface area contributed by atoms with E-state index in [4.69, 9.17) is 4.98 Å². The second-order valence-corrected chi connectivity index (χ2v) is 9.75. The topological polar surface area (TPSA) is 16.1 Å². The minimum absolute atomic E-state index is 0.981. The third-order valence-electron chi connectivity index (χ3n) is 7.23. The van der Waals surface area contributed by atoms with Gasteiger partial charge in [0.05, 0.1) is 5.52 Å². The molecule has 0 saturated heterocycles. The summed E-state index contributed by atoms with van der Waals surface area (Å²) in [5.41, 5.74) is 8.98. The van der Waals surface area contributed by atoms with E-state index in [1.807, 2.05) is 6.20 Å². The van der Waals surface area contributed by atoms with Gasteiger partial charge in [-0.3, -0.25) is 4.98 Å². The molecule has 7 rings (SSSR count). The summed E-state index contributed by atoms with van der Waals surface area (Å²) in [6.07, 6.45) is 1.98. The van der Waals surface area contributed by atoms with Crippen LogP contribution in [0.15, 0.2) is 158 Å². The number of pyridine rings is 1. The molecule has 0 radical (unpaired) electrons. The highest BCUT2D eigenvalue weighted by atomic mass is 15.1. The Hall–Kier alpha value is -5.21. The van der Waals surface area contributed by atoms with E-state index in [-0.39, 0.29) is 0 Å². The van der Waals surface area contributed by atoms with Crippen LogP contribution < -0.4 is 4.90 Å². The van der Waals surface area contributed by atoms with Crippen LogP contribution >= 0.6 is 0 Å². The van der Waals surface area contributed by atoms with E-state index in [2.05, 4.69) is 157 Å². The Morgan fingerprint density at radius 2 is 1.00 bits per heavy atom. The van der Waals surface area contributed by atoms with Crippen molar-refractivity contribution in [2.24, 2.45) is 0 Å². The zero-order valence-corrected chi connectivity index (χ0v) is 21.4. The number of hydrogen-bond acceptors (Lipinski definition) is 2. The lowest BCUT2D eigenvalue weighted by Crippen LogP contribution is -2.10. The average Bonchev–Trinajstić information content (AvgIpc) is 3.02. The first-order chi connectivity index (χ1) is 19.3. The molecule has 39 heavy (non-hydrogen) atoms. The molecule has 2 heteroatoms. The van der Waals surface area contributed by atoms with Crippen molar-refractivity contribution >= 4 is 38.7 Å². The molecular formula is C37H26N2. The maximum atomic E-state index is 4.82. The molecule has 0 atom stereocenters. The molecule has 0 aliphatic rings. The molecule has 7 aromatic rings. The zero-order chi connectivity index (χ0) is 26.0. The lowest BCUT2D eigenvalue weighted by Gasteiger charge is -2.26. The lowest BCUT2D eigenvalue weighted by atomic mass is 10.0. The fraction of sp³-hybridized carbons (Fsp3) is 0. The number of nitrogens with zero attached hydrogens (tertiary/aromatic N) is 2. The standard InChI is InChI=1S/C37H26N2/c1-3-10-27(11-4-1)30-14-9-17-35(24-30)39(34-15-5-2-6-16-34)36-20-21-37-32(25-36)23-33(26-38-37)31-19-18-28-12-7-8-13-29(28)22-31/h1-26H. The number of aromatic nitrogens is 1. The molecule has 0 aliphatic carbocycles. The van der Waals surface area contributed by atoms with E-state index in [0.29, 0.717) is 0 Å². The van der Waals surface area contributed by atoms with Gasteiger partial charge in [0.1, 0.15) is 0 Å². The molecule has 6 aromatic carbocycles. The number of anilines is 3. The molecule has 1 aromatic heterocycles. The average molecular weight is 499 g/mol. The van der Waals surface area contributed by atoms with Gasteiger partial charge in [0, 0.05) is 34.2 Å². The van der Waals surface area contributed by atoms with Crippen molar-refractivity contribution in [2.45, 2.75) is 0 Å². The van der Waals surface area contributed by atoms with Crippen molar-refractivity contribution in [3.05, 3.63) is 158 Å². The molecule has 0 amide bonds. The maximum Gasteiger partial charge on any atom is 0.0703 e. The zero-order valence-electron chi connectivity index (χ0n) is 21.4. The lowest BCUT2D eigenvalue weighted by molar-refractivity contribution is 1.28. The summed E-state index contributed by atoms with van der Waals surface area (Å²) >= 11 is 0. The highest BCUT2D eigenvalue weighted by molar-refractivity contribution is 5.92. The summed E-state index contributed by atoms with van der Waals surface area (Å²) in [4.78, 5) is 7.13. The molecule has 1 heterocycles. The van der Waals surface area contributed by atoms with Crippen LogP contribution in [0.4, 0.5) is 17.1 Å². The number of fused-ring (bicyclic) bond motifs is 2. The minimum Gasteiger partial charge on any atom is -0.310 e. The van der Waals surface area contributed by atoms with Gasteiger partial charge in [-0.05, 0) is 82.1 Å². The van der Waals surface area contributed by atoms with E-state index in [1.165, 1.54) is 27.5 Å². The Morgan fingerprint density at radius 1 is 0.359 bits per heavy atom. The molecule has 0 saturated carbocycles. The van der Waals surface area contributed by atoms with Crippen molar-refractivity contribution in [3.8, 4) is 22.3 Å². The highest BCUT2D eigenvalue weighted by Gasteiger charge is 2.14. The first-order valence-corrected chi connectivity index (χ1v) is 13.2. The fourth-order valence-corrected chi connectivity index (χ4v) is 5.26. The van der Waals surface area contributed by atoms with E-state index in [1.54, 1.807) is 0 Å². The first kappa shape index (κ1) is 22.9. The summed E-state index contributed by atoms with van der Waals surface area (Å²) in [5.74, 6) is 0. The van der Waals surface area contributed by atoms with Crippen molar-refractivity contribution < 1.29 is 0 Å². The molecule has 0 spiro atoms. The Morgan fingerprint density at radius 3 is 1.85 bits per heavy atom. The summed E-state index contributed by atoms with van der Waals surface area (Å²) in [6.45, 7) is 0. The van der Waals surface area contributed by atoms with Gasteiger partial charge in [-0.15, -0.1) is 0 Å². The largest absolute Gasteiger partial charge is 0.310 e. The quantitative estimate of drug-likeness (QED) is 0.235. The molecule has 0 aliphatic heterocycles. The normalized spacial score (nSPS) is 11.1. The molecule has 0 unspecified atom stereocenters. The molecule has 2 nitrogen and oxygen atoms in total. The first-order valence-electron chi connectivity index (χ1n) is 13.2. The van der Waals surface area contributed by atoms with Gasteiger partial charge >= 0.3 is 0 Å². The van der Waals surface area contributed by atoms with E-state index < -0.39 is 0 Å². The van der Waals surface area contributed by atoms with Crippen LogP contribution in [0.5, 0.6) is 0 Å². The maximum absolute atomic E-state index is 4.82. The van der Waals surface area contributed by atoms with Gasteiger partial charge in [0.15, 0.2) is 0 Å². The van der Waals surface area contributed by atoms with Crippen LogP contribution in [-0.4, -0.2) is 4.98 Å². The van der Waals surface area contributed by atoms with Crippen LogP contribution in [-0.2, 0) is 0 Å². The number of benzene rings is 6. The summed E-state index contributed by atoms with van der Waals surface area (Å²) in [6, 6.07) is 53.7. The SMILES string of the molecule is c1ccc(-c2cccc(N(c3ccccc3)c3ccc4ncc(-c5ccc6ccccc6c5)cc4c3)c2)cc1. The van der Waals surface area contributed by atoms with Gasteiger partial charge in [-0.1, -0.05) is 97.1 Å². The van der Waals surface area contributed by atoms with Crippen molar-refractivity contribution in [1.29, 1.82) is 0 Å². The van der Waals surface area contributed by atoms with Gasteiger partial charge in [-0.2, -0.15) is 0 Å². The Kier molecular flexibility index (Phi) is 5.84. The van der Waals surface area contributed by atoms with Crippen LogP contribution in [0.25, 0.3) is 43.9 Å². The van der Waals surface area contributed by atoms with Gasteiger partial charge < -0.3 is 4.90 Å². The smallest absolute Gasteiger partial charge is 0.0703 e. The molecule has 0 N–H and O–H groups in total. The van der Waals surface area contributed by atoms with Crippen molar-refractivity contribution in [2.75, 3.05) is 4.90 Å². The number of rotatable bonds is 5. The highest BCUT2D eigenvalue weighted by Crippen LogP contribution is 2.38. The Bertz CT molecular complexity index is 1910. The minimum atomic E-state index is 0.981. The van der Waals surface area contributed by atoms with Crippen LogP contribution in [0.3, 0.4) is 0 Å². The van der Waals surface area contributed by atoms with Gasteiger partial charge in [0.2, 0.25) is 0 Å². The van der Waals surface area contributed by atoms with E-state index >= 15 is 0 Å². The molecular weight excluding hydrogens is 472 g/mol. The van der Waals surface area contributed by atoms with Crippen LogP contribution in [0.1, 0.15) is 0 Å². The summed E-state index contributed by atoms with van der Waals surface area (Å²) < 4.78 is 0. The van der Waals surface area contributed by atoms with Gasteiger partial charge in [-0.25, -0.2) is 0 Å². The van der Waals surface area contributed by atoms with Crippen molar-refractivity contribution in [1.82, 2.24) is 4.98 Å². The van der Waals surface area contributed by atoms with Gasteiger partial charge in [0.25, 0.3) is 0 Å². The third-order valence-corrected chi connectivity index (χ3v) is 7.23. The second-order valence-electron chi connectivity index (χ2n) is 9.75.